The van der Waals surface area contributed by atoms with E-state index in [4.69, 9.17) is 14.2 Å². The zero-order valence-electron chi connectivity index (χ0n) is 14.2. The van der Waals surface area contributed by atoms with Gasteiger partial charge in [-0.2, -0.15) is 0 Å². The van der Waals surface area contributed by atoms with Crippen molar-refractivity contribution >= 4 is 0 Å². The Morgan fingerprint density at radius 3 is 2.79 bits per heavy atom. The Morgan fingerprint density at radius 1 is 1.08 bits per heavy atom. The summed E-state index contributed by atoms with van der Waals surface area (Å²) >= 11 is 0. The van der Waals surface area contributed by atoms with E-state index in [-0.39, 0.29) is 12.2 Å². The maximum Gasteiger partial charge on any atom is 0.123 e. The normalized spacial score (nSPS) is 20.9. The molecule has 1 N–H and O–H groups in total. The van der Waals surface area contributed by atoms with Crippen molar-refractivity contribution in [3.05, 3.63) is 53.1 Å². The smallest absolute Gasteiger partial charge is 0.123 e. The van der Waals surface area contributed by atoms with E-state index >= 15 is 0 Å². The third kappa shape index (κ3) is 2.94. The topological polar surface area (TPSA) is 39.7 Å². The van der Waals surface area contributed by atoms with Crippen LogP contribution < -0.4 is 19.5 Å². The van der Waals surface area contributed by atoms with Gasteiger partial charge in [0.1, 0.15) is 29.5 Å². The number of nitrogens with one attached hydrogen (secondary N) is 1. The van der Waals surface area contributed by atoms with Crippen molar-refractivity contribution in [1.29, 1.82) is 0 Å². The summed E-state index contributed by atoms with van der Waals surface area (Å²) in [6, 6.07) is 12.5. The molecule has 0 radical (unpaired) electrons. The highest BCUT2D eigenvalue weighted by Gasteiger charge is 2.23. The highest BCUT2D eigenvalue weighted by molar-refractivity contribution is 5.48. The molecule has 0 fully saturated rings. The van der Waals surface area contributed by atoms with Crippen molar-refractivity contribution < 1.29 is 14.2 Å². The highest BCUT2D eigenvalue weighted by atomic mass is 16.5. The van der Waals surface area contributed by atoms with Crippen molar-refractivity contribution in [3.8, 4) is 17.2 Å². The summed E-state index contributed by atoms with van der Waals surface area (Å²) in [7, 11) is 1.72. The van der Waals surface area contributed by atoms with Gasteiger partial charge in [0.15, 0.2) is 0 Å². The lowest BCUT2D eigenvalue weighted by atomic mass is 10.1. The van der Waals surface area contributed by atoms with Gasteiger partial charge in [0, 0.05) is 37.1 Å². The van der Waals surface area contributed by atoms with Crippen molar-refractivity contribution in [2.75, 3.05) is 13.7 Å². The van der Waals surface area contributed by atoms with Gasteiger partial charge in [-0.1, -0.05) is 18.2 Å². The van der Waals surface area contributed by atoms with E-state index in [0.29, 0.717) is 0 Å². The van der Waals surface area contributed by atoms with E-state index in [2.05, 4.69) is 36.5 Å². The number of methoxy groups -OCH3 is 1. The first-order valence-electron chi connectivity index (χ1n) is 8.54. The molecule has 4 heteroatoms. The van der Waals surface area contributed by atoms with Crippen LogP contribution in [0.3, 0.4) is 0 Å². The minimum atomic E-state index is 0.194. The minimum Gasteiger partial charge on any atom is -0.496 e. The van der Waals surface area contributed by atoms with Crippen LogP contribution >= 0.6 is 0 Å². The number of ether oxygens (including phenoxy) is 3. The Balaban J connectivity index is 1.38. The van der Waals surface area contributed by atoms with Crippen molar-refractivity contribution in [1.82, 2.24) is 5.32 Å². The summed E-state index contributed by atoms with van der Waals surface area (Å²) in [6.45, 7) is 3.65. The molecule has 2 atom stereocenters. The van der Waals surface area contributed by atoms with Crippen LogP contribution in [-0.2, 0) is 19.4 Å². The number of hydrogen-bond acceptors (Lipinski definition) is 4. The van der Waals surface area contributed by atoms with E-state index < -0.39 is 0 Å². The molecule has 0 amide bonds. The van der Waals surface area contributed by atoms with Crippen LogP contribution in [0.1, 0.15) is 23.6 Å². The lowest BCUT2D eigenvalue weighted by molar-refractivity contribution is 0.227. The largest absolute Gasteiger partial charge is 0.496 e. The maximum atomic E-state index is 5.97. The number of hydrogen-bond donors (Lipinski definition) is 1. The average molecular weight is 325 g/mol. The molecule has 2 aliphatic rings. The first-order chi connectivity index (χ1) is 11.7. The molecular formula is C20H23NO3. The second-order valence-corrected chi connectivity index (χ2v) is 6.59. The van der Waals surface area contributed by atoms with Crippen LogP contribution in [0.15, 0.2) is 36.4 Å². The molecule has 0 saturated heterocycles. The van der Waals surface area contributed by atoms with E-state index in [1.807, 2.05) is 12.1 Å². The minimum absolute atomic E-state index is 0.194. The summed E-state index contributed by atoms with van der Waals surface area (Å²) < 4.78 is 17.4. The van der Waals surface area contributed by atoms with Crippen LogP contribution in [0.4, 0.5) is 0 Å². The molecule has 0 bridgehead atoms. The Hall–Kier alpha value is -2.20. The summed E-state index contributed by atoms with van der Waals surface area (Å²) in [4.78, 5) is 0. The molecule has 2 aromatic carbocycles. The molecule has 2 aliphatic heterocycles. The van der Waals surface area contributed by atoms with Gasteiger partial charge >= 0.3 is 0 Å². The SMILES string of the molecule is COc1cc2c(cc1CNCC1Cc3ccccc3O1)OC(C)C2. The van der Waals surface area contributed by atoms with Gasteiger partial charge in [-0.15, -0.1) is 0 Å². The predicted molar refractivity (Wildman–Crippen MR) is 93.1 cm³/mol. The summed E-state index contributed by atoms with van der Waals surface area (Å²) in [5.74, 6) is 2.93. The van der Waals surface area contributed by atoms with E-state index in [0.717, 1.165) is 48.7 Å². The number of fused-ring (bicyclic) bond motifs is 2. The molecule has 4 rings (SSSR count). The Labute approximate surface area is 142 Å². The third-order valence-electron chi connectivity index (χ3n) is 4.70. The van der Waals surface area contributed by atoms with Crippen molar-refractivity contribution in [2.45, 2.75) is 38.5 Å². The van der Waals surface area contributed by atoms with Crippen LogP contribution in [0, 0.1) is 0 Å². The van der Waals surface area contributed by atoms with Crippen LogP contribution in [0.2, 0.25) is 0 Å². The molecule has 126 valence electrons. The molecule has 0 aromatic heterocycles. The summed E-state index contributed by atoms with van der Waals surface area (Å²) in [6.07, 6.45) is 2.36. The fourth-order valence-corrected chi connectivity index (χ4v) is 3.55. The second kappa shape index (κ2) is 6.36. The van der Waals surface area contributed by atoms with E-state index in [9.17, 15) is 0 Å². The fraction of sp³-hybridized carbons (Fsp3) is 0.400. The number of para-hydroxylation sites is 1. The van der Waals surface area contributed by atoms with Gasteiger partial charge in [-0.05, 0) is 30.7 Å². The third-order valence-corrected chi connectivity index (χ3v) is 4.70. The zero-order valence-corrected chi connectivity index (χ0v) is 14.2. The number of rotatable bonds is 5. The molecule has 0 aliphatic carbocycles. The summed E-state index contributed by atoms with van der Waals surface area (Å²) in [5, 5.41) is 3.50. The van der Waals surface area contributed by atoms with Crippen LogP contribution in [0.25, 0.3) is 0 Å². The predicted octanol–water partition coefficient (Wildman–Crippen LogP) is 3.11. The lowest BCUT2D eigenvalue weighted by Gasteiger charge is -2.14. The maximum absolute atomic E-state index is 5.97. The van der Waals surface area contributed by atoms with Gasteiger partial charge in [0.2, 0.25) is 0 Å². The van der Waals surface area contributed by atoms with Gasteiger partial charge in [-0.25, -0.2) is 0 Å². The van der Waals surface area contributed by atoms with E-state index in [1.165, 1.54) is 11.1 Å². The number of benzene rings is 2. The molecule has 2 heterocycles. The van der Waals surface area contributed by atoms with Crippen LogP contribution in [0.5, 0.6) is 17.2 Å². The molecule has 0 spiro atoms. The highest BCUT2D eigenvalue weighted by Crippen LogP contribution is 2.35. The van der Waals surface area contributed by atoms with Gasteiger partial charge in [0.25, 0.3) is 0 Å². The van der Waals surface area contributed by atoms with Crippen molar-refractivity contribution in [3.63, 3.8) is 0 Å². The molecule has 2 aromatic rings. The Bertz CT molecular complexity index is 719. The molecular weight excluding hydrogens is 302 g/mol. The fourth-order valence-electron chi connectivity index (χ4n) is 3.55. The van der Waals surface area contributed by atoms with Gasteiger partial charge in [-0.3, -0.25) is 0 Å². The first kappa shape index (κ1) is 15.3. The van der Waals surface area contributed by atoms with Crippen LogP contribution in [-0.4, -0.2) is 25.9 Å². The van der Waals surface area contributed by atoms with E-state index in [1.54, 1.807) is 7.11 Å². The Kier molecular flexibility index (Phi) is 4.07. The summed E-state index contributed by atoms with van der Waals surface area (Å²) in [5.41, 5.74) is 3.65. The molecule has 4 nitrogen and oxygen atoms in total. The average Bonchev–Trinajstić information content (AvgIpc) is 3.15. The second-order valence-electron chi connectivity index (χ2n) is 6.59. The molecule has 2 unspecified atom stereocenters. The first-order valence-corrected chi connectivity index (χ1v) is 8.54. The standard InChI is InChI=1S/C20H23NO3/c1-13-7-15-9-19(22-2)16(10-20(15)23-13)11-21-12-17-8-14-5-3-4-6-18(14)24-17/h3-6,9-10,13,17,21H,7-8,11-12H2,1-2H3. The molecule has 0 saturated carbocycles. The van der Waals surface area contributed by atoms with Gasteiger partial charge in [0.05, 0.1) is 7.11 Å². The Morgan fingerprint density at radius 2 is 1.96 bits per heavy atom. The molecule has 24 heavy (non-hydrogen) atoms. The monoisotopic (exact) mass is 325 g/mol. The van der Waals surface area contributed by atoms with Crippen molar-refractivity contribution in [2.24, 2.45) is 0 Å². The van der Waals surface area contributed by atoms with Gasteiger partial charge < -0.3 is 19.5 Å². The quantitative estimate of drug-likeness (QED) is 0.917. The lowest BCUT2D eigenvalue weighted by Crippen LogP contribution is -2.29. The zero-order chi connectivity index (χ0) is 16.5.